The molecule has 2 nitrogen and oxygen atoms in total. The Balaban J connectivity index is 0.000000115. The normalized spacial score (nSPS) is 35.8. The number of rotatable bonds is 0. The third kappa shape index (κ3) is 2.94. The molecule has 0 saturated carbocycles. The van der Waals surface area contributed by atoms with E-state index in [0.717, 1.165) is 13.1 Å². The lowest BCUT2D eigenvalue weighted by Gasteiger charge is -2.34. The first-order valence-corrected chi connectivity index (χ1v) is 6.70. The summed E-state index contributed by atoms with van der Waals surface area (Å²) in [4.78, 5) is 2.60. The second-order valence-corrected chi connectivity index (χ2v) is 5.42. The highest BCUT2D eigenvalue weighted by atomic mass is 15.3. The van der Waals surface area contributed by atoms with Gasteiger partial charge in [-0.1, -0.05) is 12.8 Å². The average molecular weight is 209 g/mol. The van der Waals surface area contributed by atoms with Gasteiger partial charge in [0.05, 0.1) is 6.42 Å². The molecule has 0 N–H and O–H groups in total. The van der Waals surface area contributed by atoms with Crippen molar-refractivity contribution >= 4 is 0 Å². The highest BCUT2D eigenvalue weighted by Crippen LogP contribution is 2.36. The van der Waals surface area contributed by atoms with E-state index in [4.69, 9.17) is 0 Å². The van der Waals surface area contributed by atoms with E-state index in [1.807, 2.05) is 0 Å². The van der Waals surface area contributed by atoms with Crippen molar-refractivity contribution < 1.29 is 0 Å². The maximum atomic E-state index is 4.27. The molecule has 3 rings (SSSR count). The third-order valence-corrected chi connectivity index (χ3v) is 4.21. The molecule has 1 atom stereocenters. The summed E-state index contributed by atoms with van der Waals surface area (Å²) < 4.78 is 0. The molecule has 3 fully saturated rings. The molecule has 3 saturated heterocycles. The average Bonchev–Trinajstić information content (AvgIpc) is 2.54. The van der Waals surface area contributed by atoms with E-state index in [1.54, 1.807) is 0 Å². The van der Waals surface area contributed by atoms with Gasteiger partial charge in [0.25, 0.3) is 0 Å². The zero-order valence-electron chi connectivity index (χ0n) is 10.2. The van der Waals surface area contributed by atoms with Crippen molar-refractivity contribution in [2.24, 2.45) is 0 Å². The van der Waals surface area contributed by atoms with Gasteiger partial charge in [-0.05, 0) is 19.8 Å². The maximum absolute atomic E-state index is 4.27. The van der Waals surface area contributed by atoms with Crippen LogP contribution in [0.1, 0.15) is 51.9 Å². The molecule has 2 radical (unpaired) electrons. The Kier molecular flexibility index (Phi) is 4.04. The van der Waals surface area contributed by atoms with Crippen LogP contribution < -0.4 is 10.2 Å². The summed E-state index contributed by atoms with van der Waals surface area (Å²) in [6.45, 7) is 7.39. The van der Waals surface area contributed by atoms with Crippen LogP contribution in [0.2, 0.25) is 0 Å². The van der Waals surface area contributed by atoms with Crippen LogP contribution in [-0.2, 0) is 0 Å². The summed E-state index contributed by atoms with van der Waals surface area (Å²) in [5.41, 5.74) is 0.667. The lowest BCUT2D eigenvalue weighted by molar-refractivity contribution is 0.143. The van der Waals surface area contributed by atoms with Gasteiger partial charge in [0.2, 0.25) is 0 Å². The Morgan fingerprint density at radius 3 is 2.00 bits per heavy atom. The van der Waals surface area contributed by atoms with E-state index in [9.17, 15) is 0 Å². The summed E-state index contributed by atoms with van der Waals surface area (Å²) in [5.74, 6) is 0. The van der Waals surface area contributed by atoms with Gasteiger partial charge in [-0.3, -0.25) is 0 Å². The second-order valence-electron chi connectivity index (χ2n) is 5.42. The highest BCUT2D eigenvalue weighted by Gasteiger charge is 2.53. The Hall–Kier alpha value is -0.0800. The Labute approximate surface area is 94.4 Å². The van der Waals surface area contributed by atoms with E-state index in [0.29, 0.717) is 5.54 Å². The molecule has 2 heteroatoms. The molecular weight excluding hydrogens is 184 g/mol. The number of hydrogen-bond donors (Lipinski definition) is 0. The van der Waals surface area contributed by atoms with Gasteiger partial charge >= 0.3 is 0 Å². The minimum atomic E-state index is 0.667. The first kappa shape index (κ1) is 11.4. The Morgan fingerprint density at radius 2 is 1.60 bits per heavy atom. The predicted molar refractivity (Wildman–Crippen MR) is 64.5 cm³/mol. The molecule has 3 heterocycles. The first-order chi connectivity index (χ1) is 7.31. The van der Waals surface area contributed by atoms with Crippen LogP contribution in [0.25, 0.3) is 0 Å². The van der Waals surface area contributed by atoms with Crippen molar-refractivity contribution in [3.8, 4) is 0 Å². The molecule has 0 aromatic carbocycles. The number of hydrogen-bond acceptors (Lipinski definition) is 1. The minimum Gasteiger partial charge on any atom is -0.242 e. The van der Waals surface area contributed by atoms with E-state index in [2.05, 4.69) is 17.1 Å². The standard InChI is InChI=1S/C7H13N.C6H12N/c1-7-3-2-5-8(7)6-4-7;1-2-4-6-7-5-3-1/h2-6H2,1H3;1-6H2/q+1;. The van der Waals surface area contributed by atoms with E-state index >= 15 is 0 Å². The van der Waals surface area contributed by atoms with Crippen molar-refractivity contribution in [2.75, 3.05) is 26.2 Å². The SMILES string of the molecule is C1CCC[N]CC1.CC12CCC[N+]1CC2. The molecular formula is C13H25N2+. The molecule has 0 bridgehead atoms. The van der Waals surface area contributed by atoms with Crippen LogP contribution in [0.4, 0.5) is 0 Å². The lowest BCUT2D eigenvalue weighted by Crippen LogP contribution is -2.57. The van der Waals surface area contributed by atoms with Crippen LogP contribution >= 0.6 is 0 Å². The van der Waals surface area contributed by atoms with Gasteiger partial charge in [0.1, 0.15) is 18.6 Å². The molecule has 15 heavy (non-hydrogen) atoms. The first-order valence-electron chi connectivity index (χ1n) is 6.70. The molecule has 0 aromatic heterocycles. The highest BCUT2D eigenvalue weighted by molar-refractivity contribution is 5.04. The maximum Gasteiger partial charge on any atom is 0.145 e. The van der Waals surface area contributed by atoms with Crippen molar-refractivity contribution in [1.29, 1.82) is 0 Å². The fraction of sp³-hybridized carbons (Fsp3) is 1.00. The summed E-state index contributed by atoms with van der Waals surface area (Å²) in [7, 11) is 0. The zero-order valence-corrected chi connectivity index (χ0v) is 10.2. The van der Waals surface area contributed by atoms with Crippen LogP contribution in [-0.4, -0.2) is 31.7 Å². The molecule has 0 aliphatic carbocycles. The van der Waals surface area contributed by atoms with Gasteiger partial charge < -0.3 is 0 Å². The smallest absolute Gasteiger partial charge is 0.145 e. The van der Waals surface area contributed by atoms with Crippen LogP contribution in [0.15, 0.2) is 0 Å². The monoisotopic (exact) mass is 209 g/mol. The van der Waals surface area contributed by atoms with Crippen LogP contribution in [0.3, 0.4) is 0 Å². The van der Waals surface area contributed by atoms with Gasteiger partial charge in [0, 0.05) is 25.9 Å². The molecule has 0 amide bonds. The summed E-state index contributed by atoms with van der Waals surface area (Å²) in [5, 5.41) is 4.27. The van der Waals surface area contributed by atoms with Crippen molar-refractivity contribution in [3.63, 3.8) is 0 Å². The van der Waals surface area contributed by atoms with Crippen LogP contribution in [0, 0.1) is 0 Å². The largest absolute Gasteiger partial charge is 0.242 e. The molecule has 86 valence electrons. The minimum absolute atomic E-state index is 0.667. The van der Waals surface area contributed by atoms with Gasteiger partial charge in [0.15, 0.2) is 0 Å². The second kappa shape index (κ2) is 5.31. The lowest BCUT2D eigenvalue weighted by atomic mass is 9.88. The number of fused-ring (bicyclic) bond motifs is 1. The Bertz CT molecular complexity index is 173. The molecule has 0 aromatic rings. The fourth-order valence-electron chi connectivity index (χ4n) is 2.88. The fourth-order valence-corrected chi connectivity index (χ4v) is 2.88. The Morgan fingerprint density at radius 1 is 0.867 bits per heavy atom. The summed E-state index contributed by atoms with van der Waals surface area (Å²) in [6.07, 6.45) is 9.82. The molecule has 3 aliphatic rings. The number of nitrogens with zero attached hydrogens (tertiary/aromatic N) is 2. The molecule has 0 spiro atoms. The van der Waals surface area contributed by atoms with Gasteiger partial charge in [-0.25, -0.2) is 5.32 Å². The molecule has 1 unspecified atom stereocenters. The van der Waals surface area contributed by atoms with E-state index in [-0.39, 0.29) is 0 Å². The van der Waals surface area contributed by atoms with Crippen molar-refractivity contribution in [1.82, 2.24) is 10.2 Å². The zero-order chi connectivity index (χ0) is 10.6. The quantitative estimate of drug-likeness (QED) is 0.545. The van der Waals surface area contributed by atoms with E-state index < -0.39 is 0 Å². The van der Waals surface area contributed by atoms with Gasteiger partial charge in [-0.2, -0.15) is 4.90 Å². The predicted octanol–water partition coefficient (Wildman–Crippen LogP) is 2.25. The summed E-state index contributed by atoms with van der Waals surface area (Å²) >= 11 is 0. The van der Waals surface area contributed by atoms with E-state index in [1.165, 1.54) is 58.0 Å². The van der Waals surface area contributed by atoms with Crippen molar-refractivity contribution in [3.05, 3.63) is 0 Å². The van der Waals surface area contributed by atoms with Gasteiger partial charge in [-0.15, -0.1) is 0 Å². The molecule has 3 aliphatic heterocycles. The van der Waals surface area contributed by atoms with Crippen molar-refractivity contribution in [2.45, 2.75) is 57.4 Å². The third-order valence-electron chi connectivity index (χ3n) is 4.21. The van der Waals surface area contributed by atoms with Crippen LogP contribution in [0.5, 0.6) is 0 Å². The topological polar surface area (TPSA) is 20.0 Å². The summed E-state index contributed by atoms with van der Waals surface area (Å²) in [6, 6.07) is 0.